The van der Waals surface area contributed by atoms with Crippen molar-refractivity contribution in [2.45, 2.75) is 24.0 Å². The summed E-state index contributed by atoms with van der Waals surface area (Å²) < 4.78 is 0. The lowest BCUT2D eigenvalue weighted by Gasteiger charge is -2.08. The first-order valence-electron chi connectivity index (χ1n) is 5.63. The van der Waals surface area contributed by atoms with E-state index in [4.69, 9.17) is 5.73 Å². The second-order valence-electron chi connectivity index (χ2n) is 4.14. The van der Waals surface area contributed by atoms with E-state index in [9.17, 15) is 14.7 Å². The zero-order valence-corrected chi connectivity index (χ0v) is 11.6. The summed E-state index contributed by atoms with van der Waals surface area (Å²) >= 11 is 0.961. The van der Waals surface area contributed by atoms with Crippen LogP contribution in [0.25, 0.3) is 0 Å². The Labute approximate surface area is 118 Å². The molecule has 0 fully saturated rings. The van der Waals surface area contributed by atoms with Crippen molar-refractivity contribution in [3.05, 3.63) is 39.3 Å². The van der Waals surface area contributed by atoms with Crippen molar-refractivity contribution < 1.29 is 9.90 Å². The quantitative estimate of drug-likeness (QED) is 0.727. The van der Waals surface area contributed by atoms with Crippen LogP contribution in [0.3, 0.4) is 0 Å². The zero-order chi connectivity index (χ0) is 14.9. The number of nitrogen functional groups attached to an aromatic ring is 1. The van der Waals surface area contributed by atoms with Gasteiger partial charge in [0.2, 0.25) is 0 Å². The van der Waals surface area contributed by atoms with Crippen LogP contribution in [0, 0.1) is 13.8 Å². The molecule has 0 aliphatic heterocycles. The summed E-state index contributed by atoms with van der Waals surface area (Å²) in [4.78, 5) is 33.3. The summed E-state index contributed by atoms with van der Waals surface area (Å²) in [7, 11) is 0. The second kappa shape index (κ2) is 5.33. The Balaban J connectivity index is 2.52. The fourth-order valence-corrected chi connectivity index (χ4v) is 2.76. The van der Waals surface area contributed by atoms with Gasteiger partial charge in [-0.05, 0) is 37.2 Å². The van der Waals surface area contributed by atoms with E-state index in [1.807, 2.05) is 0 Å². The molecule has 8 heteroatoms. The van der Waals surface area contributed by atoms with Gasteiger partial charge in [-0.3, -0.25) is 4.79 Å². The number of aromatic nitrogens is 3. The minimum Gasteiger partial charge on any atom is -0.478 e. The van der Waals surface area contributed by atoms with E-state index in [1.54, 1.807) is 19.9 Å². The number of carboxylic acid groups (broad SMARTS) is 1. The molecule has 0 saturated carbocycles. The Morgan fingerprint density at radius 1 is 1.35 bits per heavy atom. The summed E-state index contributed by atoms with van der Waals surface area (Å²) in [6.07, 6.45) is 0. The molecule has 7 nitrogen and oxygen atoms in total. The van der Waals surface area contributed by atoms with Gasteiger partial charge in [-0.25, -0.2) is 14.8 Å². The van der Waals surface area contributed by atoms with Crippen molar-refractivity contribution in [3.63, 3.8) is 0 Å². The molecule has 0 amide bonds. The highest BCUT2D eigenvalue weighted by molar-refractivity contribution is 7.99. The molecule has 0 aliphatic carbocycles. The molecule has 2 rings (SSSR count). The predicted molar refractivity (Wildman–Crippen MR) is 74.1 cm³/mol. The highest BCUT2D eigenvalue weighted by Gasteiger charge is 2.17. The van der Waals surface area contributed by atoms with Gasteiger partial charge >= 0.3 is 5.97 Å². The van der Waals surface area contributed by atoms with Crippen LogP contribution in [-0.2, 0) is 0 Å². The molecule has 0 atom stereocenters. The highest BCUT2D eigenvalue weighted by Crippen LogP contribution is 2.28. The monoisotopic (exact) mass is 292 g/mol. The number of anilines is 1. The van der Waals surface area contributed by atoms with Crippen LogP contribution in [0.4, 0.5) is 5.82 Å². The second-order valence-corrected chi connectivity index (χ2v) is 5.12. The van der Waals surface area contributed by atoms with Gasteiger partial charge in [0.05, 0.1) is 5.56 Å². The largest absolute Gasteiger partial charge is 0.478 e. The molecule has 4 N–H and O–H groups in total. The Bertz CT molecular complexity index is 742. The predicted octanol–water partition coefficient (Wildman–Crippen LogP) is 1.21. The molecular formula is C12H12N4O3S. The molecule has 0 aliphatic rings. The van der Waals surface area contributed by atoms with E-state index in [0.717, 1.165) is 17.8 Å². The lowest BCUT2D eigenvalue weighted by molar-refractivity contribution is 0.0691. The Morgan fingerprint density at radius 2 is 2.05 bits per heavy atom. The van der Waals surface area contributed by atoms with Crippen LogP contribution in [0.1, 0.15) is 21.6 Å². The first-order chi connectivity index (χ1) is 9.36. The third kappa shape index (κ3) is 2.97. The van der Waals surface area contributed by atoms with E-state index < -0.39 is 11.5 Å². The molecule has 0 aromatic carbocycles. The zero-order valence-electron chi connectivity index (χ0n) is 10.8. The lowest BCUT2D eigenvalue weighted by atomic mass is 10.1. The minimum atomic E-state index is -1.08. The van der Waals surface area contributed by atoms with Crippen molar-refractivity contribution in [1.82, 2.24) is 15.0 Å². The van der Waals surface area contributed by atoms with Gasteiger partial charge in [-0.2, -0.15) is 0 Å². The summed E-state index contributed by atoms with van der Waals surface area (Å²) in [6, 6.07) is 2.83. The molecule has 0 unspecified atom stereocenters. The standard InChI is InChI=1S/C12H12N4O3S/c1-5-3-6(2)14-10(9(5)11(18)19)20-12-15-7(13)4-8(17)16-12/h3-4H,1-2H3,(H,18,19)(H3,13,15,16,17). The van der Waals surface area contributed by atoms with E-state index in [2.05, 4.69) is 15.0 Å². The van der Waals surface area contributed by atoms with Crippen molar-refractivity contribution in [2.75, 3.05) is 5.73 Å². The summed E-state index contributed by atoms with van der Waals surface area (Å²) in [5.41, 5.74) is 6.45. The maximum absolute atomic E-state index is 11.3. The number of carboxylic acids is 1. The molecule has 0 bridgehead atoms. The van der Waals surface area contributed by atoms with Gasteiger partial charge in [0, 0.05) is 11.8 Å². The summed E-state index contributed by atoms with van der Waals surface area (Å²) in [5, 5.41) is 9.73. The van der Waals surface area contributed by atoms with Gasteiger partial charge in [-0.15, -0.1) is 0 Å². The number of pyridine rings is 1. The molecule has 104 valence electrons. The van der Waals surface area contributed by atoms with Gasteiger partial charge in [0.1, 0.15) is 10.8 Å². The molecule has 2 aromatic rings. The average molecular weight is 292 g/mol. The number of nitrogens with one attached hydrogen (secondary N) is 1. The number of nitrogens with two attached hydrogens (primary N) is 1. The van der Waals surface area contributed by atoms with Gasteiger partial charge in [0.25, 0.3) is 5.56 Å². The summed E-state index contributed by atoms with van der Waals surface area (Å²) in [5.74, 6) is -1.01. The third-order valence-corrected chi connectivity index (χ3v) is 3.33. The minimum absolute atomic E-state index is 0.0671. The molecule has 20 heavy (non-hydrogen) atoms. The molecule has 0 radical (unpaired) electrons. The maximum atomic E-state index is 11.3. The molecule has 2 aromatic heterocycles. The van der Waals surface area contributed by atoms with Crippen molar-refractivity contribution in [1.29, 1.82) is 0 Å². The number of aromatic amines is 1. The number of aryl methyl sites for hydroxylation is 2. The first-order valence-corrected chi connectivity index (χ1v) is 6.44. The van der Waals surface area contributed by atoms with Crippen molar-refractivity contribution in [3.8, 4) is 0 Å². The Morgan fingerprint density at radius 3 is 2.65 bits per heavy atom. The van der Waals surface area contributed by atoms with E-state index >= 15 is 0 Å². The smallest absolute Gasteiger partial charge is 0.338 e. The number of hydrogen-bond donors (Lipinski definition) is 3. The van der Waals surface area contributed by atoms with Crippen LogP contribution in [0.5, 0.6) is 0 Å². The SMILES string of the molecule is Cc1cc(C)c(C(=O)O)c(Sc2nc(N)cc(=O)[nH]2)n1. The fraction of sp³-hybridized carbons (Fsp3) is 0.167. The van der Waals surface area contributed by atoms with E-state index in [-0.39, 0.29) is 21.6 Å². The van der Waals surface area contributed by atoms with Crippen molar-refractivity contribution >= 4 is 23.5 Å². The van der Waals surface area contributed by atoms with Crippen LogP contribution in [0.2, 0.25) is 0 Å². The number of rotatable bonds is 3. The number of nitrogens with zero attached hydrogens (tertiary/aromatic N) is 2. The van der Waals surface area contributed by atoms with Crippen LogP contribution >= 0.6 is 11.8 Å². The molecular weight excluding hydrogens is 280 g/mol. The van der Waals surface area contributed by atoms with Crippen LogP contribution in [-0.4, -0.2) is 26.0 Å². The summed E-state index contributed by atoms with van der Waals surface area (Å²) in [6.45, 7) is 3.45. The number of hydrogen-bond acceptors (Lipinski definition) is 6. The maximum Gasteiger partial charge on any atom is 0.338 e. The van der Waals surface area contributed by atoms with Crippen LogP contribution in [0.15, 0.2) is 27.1 Å². The topological polar surface area (TPSA) is 122 Å². The fourth-order valence-electron chi connectivity index (χ4n) is 1.73. The lowest BCUT2D eigenvalue weighted by Crippen LogP contribution is -2.10. The third-order valence-electron chi connectivity index (χ3n) is 2.46. The highest BCUT2D eigenvalue weighted by atomic mass is 32.2. The molecule has 0 spiro atoms. The molecule has 2 heterocycles. The van der Waals surface area contributed by atoms with E-state index in [0.29, 0.717) is 11.3 Å². The van der Waals surface area contributed by atoms with Gasteiger partial charge in [-0.1, -0.05) is 0 Å². The number of H-pyrrole nitrogens is 1. The van der Waals surface area contributed by atoms with Crippen LogP contribution < -0.4 is 11.3 Å². The van der Waals surface area contributed by atoms with Crippen molar-refractivity contribution in [2.24, 2.45) is 0 Å². The van der Waals surface area contributed by atoms with Gasteiger partial charge < -0.3 is 15.8 Å². The van der Waals surface area contributed by atoms with Gasteiger partial charge in [0.15, 0.2) is 5.16 Å². The number of carbonyl (C=O) groups is 1. The van der Waals surface area contributed by atoms with E-state index in [1.165, 1.54) is 0 Å². The Hall–Kier alpha value is -2.35. The first kappa shape index (κ1) is 14.1. The Kier molecular flexibility index (Phi) is 3.75. The number of aromatic carboxylic acids is 1. The normalized spacial score (nSPS) is 10.5. The molecule has 0 saturated heterocycles. The average Bonchev–Trinajstić information content (AvgIpc) is 2.25.